The van der Waals surface area contributed by atoms with Crippen molar-refractivity contribution in [1.29, 1.82) is 5.26 Å². The average molecular weight is 186 g/mol. The molecule has 3 heteroatoms. The van der Waals surface area contributed by atoms with Gasteiger partial charge in [0.2, 0.25) is 0 Å². The first-order valence-electron chi connectivity index (χ1n) is 4.49. The lowest BCUT2D eigenvalue weighted by Gasteiger charge is -1.98. The maximum absolute atomic E-state index is 8.68. The highest BCUT2D eigenvalue weighted by molar-refractivity contribution is 5.77. The van der Waals surface area contributed by atoms with Gasteiger partial charge in [0.1, 0.15) is 11.6 Å². The highest BCUT2D eigenvalue weighted by atomic mass is 16.3. The fourth-order valence-corrected chi connectivity index (χ4v) is 1.40. The Bertz CT molecular complexity index is 505. The van der Waals surface area contributed by atoms with Crippen LogP contribution in [0, 0.1) is 11.3 Å². The van der Waals surface area contributed by atoms with Gasteiger partial charge in [-0.25, -0.2) is 0 Å². The molecule has 0 atom stereocenters. The van der Waals surface area contributed by atoms with Crippen molar-refractivity contribution in [2.45, 2.75) is 19.8 Å². The fraction of sp³-hybridized carbons (Fsp3) is 0.273. The molecule has 3 nitrogen and oxygen atoms in total. The zero-order chi connectivity index (χ0) is 10.1. The summed E-state index contributed by atoms with van der Waals surface area (Å²) in [4.78, 5) is 4.22. The lowest BCUT2D eigenvalue weighted by Crippen LogP contribution is -1.86. The molecule has 0 fully saturated rings. The first-order valence-corrected chi connectivity index (χ1v) is 4.49. The molecule has 0 aliphatic rings. The Labute approximate surface area is 82.0 Å². The fourth-order valence-electron chi connectivity index (χ4n) is 1.40. The molecule has 0 spiro atoms. The van der Waals surface area contributed by atoms with Crippen molar-refractivity contribution in [2.75, 3.05) is 0 Å². The van der Waals surface area contributed by atoms with Crippen molar-refractivity contribution in [1.82, 2.24) is 4.98 Å². The van der Waals surface area contributed by atoms with E-state index in [1.54, 1.807) is 18.5 Å². The maximum atomic E-state index is 8.68. The van der Waals surface area contributed by atoms with Crippen molar-refractivity contribution in [3.8, 4) is 6.07 Å². The normalized spacial score (nSPS) is 10.7. The Morgan fingerprint density at radius 3 is 2.93 bits per heavy atom. The van der Waals surface area contributed by atoms with Gasteiger partial charge in [-0.15, -0.1) is 0 Å². The molecule has 0 saturated heterocycles. The molecule has 70 valence electrons. The van der Waals surface area contributed by atoms with Crippen LogP contribution in [0.4, 0.5) is 0 Å². The van der Waals surface area contributed by atoms with E-state index in [9.17, 15) is 0 Å². The number of furan rings is 1. The standard InChI is InChI=1S/C11H10N2O/c1-7(2)9-6-14-10-3-8(4-12)5-13-11(9)10/h3,5-7H,1-2H3. The first kappa shape index (κ1) is 8.76. The molecule has 0 saturated carbocycles. The molecule has 2 aromatic rings. The number of pyridine rings is 1. The second-order valence-corrected chi connectivity index (χ2v) is 3.53. The summed E-state index contributed by atoms with van der Waals surface area (Å²) < 4.78 is 5.34. The third-order valence-electron chi connectivity index (χ3n) is 2.19. The lowest BCUT2D eigenvalue weighted by atomic mass is 10.1. The van der Waals surface area contributed by atoms with Crippen molar-refractivity contribution in [2.24, 2.45) is 0 Å². The van der Waals surface area contributed by atoms with Crippen LogP contribution >= 0.6 is 0 Å². The summed E-state index contributed by atoms with van der Waals surface area (Å²) >= 11 is 0. The summed E-state index contributed by atoms with van der Waals surface area (Å²) in [6.45, 7) is 4.17. The molecule has 0 aromatic carbocycles. The zero-order valence-corrected chi connectivity index (χ0v) is 8.11. The molecule has 0 aliphatic heterocycles. The van der Waals surface area contributed by atoms with E-state index in [-0.39, 0.29) is 0 Å². The van der Waals surface area contributed by atoms with Gasteiger partial charge >= 0.3 is 0 Å². The Balaban J connectivity index is 2.67. The van der Waals surface area contributed by atoms with E-state index in [1.165, 1.54) is 0 Å². The molecule has 0 bridgehead atoms. The van der Waals surface area contributed by atoms with Crippen LogP contribution in [-0.4, -0.2) is 4.98 Å². The van der Waals surface area contributed by atoms with Crippen LogP contribution in [0.15, 0.2) is 22.9 Å². The highest BCUT2D eigenvalue weighted by Crippen LogP contribution is 2.25. The van der Waals surface area contributed by atoms with Crippen LogP contribution in [0.1, 0.15) is 30.9 Å². The topological polar surface area (TPSA) is 49.8 Å². The number of fused-ring (bicyclic) bond motifs is 1. The number of nitrogens with zero attached hydrogens (tertiary/aromatic N) is 2. The minimum absolute atomic E-state index is 0.386. The van der Waals surface area contributed by atoms with E-state index in [4.69, 9.17) is 9.68 Å². The second-order valence-electron chi connectivity index (χ2n) is 3.53. The smallest absolute Gasteiger partial charge is 0.153 e. The maximum Gasteiger partial charge on any atom is 0.153 e. The third-order valence-corrected chi connectivity index (χ3v) is 2.19. The van der Waals surface area contributed by atoms with Gasteiger partial charge in [-0.2, -0.15) is 5.26 Å². The van der Waals surface area contributed by atoms with Crippen molar-refractivity contribution >= 4 is 11.1 Å². The summed E-state index contributed by atoms with van der Waals surface area (Å²) in [5.74, 6) is 0.386. The van der Waals surface area contributed by atoms with Crippen LogP contribution in [0.2, 0.25) is 0 Å². The second kappa shape index (κ2) is 3.15. The Morgan fingerprint density at radius 1 is 1.50 bits per heavy atom. The Morgan fingerprint density at radius 2 is 2.29 bits per heavy atom. The summed E-state index contributed by atoms with van der Waals surface area (Å²) in [6.07, 6.45) is 3.28. The molecular weight excluding hydrogens is 176 g/mol. The van der Waals surface area contributed by atoms with Gasteiger partial charge in [0, 0.05) is 17.8 Å². The Kier molecular flexibility index (Phi) is 1.97. The predicted molar refractivity (Wildman–Crippen MR) is 52.8 cm³/mol. The number of hydrogen-bond donors (Lipinski definition) is 0. The van der Waals surface area contributed by atoms with Gasteiger partial charge in [-0.05, 0) is 5.92 Å². The van der Waals surface area contributed by atoms with Crippen LogP contribution in [-0.2, 0) is 0 Å². The molecular formula is C11H10N2O. The summed E-state index contributed by atoms with van der Waals surface area (Å²) in [7, 11) is 0. The van der Waals surface area contributed by atoms with Crippen LogP contribution in [0.25, 0.3) is 11.1 Å². The number of aromatic nitrogens is 1. The minimum atomic E-state index is 0.386. The predicted octanol–water partition coefficient (Wildman–Crippen LogP) is 2.82. The van der Waals surface area contributed by atoms with Gasteiger partial charge in [0.15, 0.2) is 5.58 Å². The average Bonchev–Trinajstić information content (AvgIpc) is 2.59. The molecule has 0 amide bonds. The van der Waals surface area contributed by atoms with Gasteiger partial charge in [0.05, 0.1) is 11.8 Å². The van der Waals surface area contributed by atoms with Gasteiger partial charge in [-0.3, -0.25) is 4.98 Å². The van der Waals surface area contributed by atoms with Crippen LogP contribution in [0.3, 0.4) is 0 Å². The van der Waals surface area contributed by atoms with Gasteiger partial charge in [0.25, 0.3) is 0 Å². The monoisotopic (exact) mass is 186 g/mol. The summed E-state index contributed by atoms with van der Waals surface area (Å²) in [5.41, 5.74) is 3.17. The zero-order valence-electron chi connectivity index (χ0n) is 8.11. The van der Waals surface area contributed by atoms with E-state index in [0.29, 0.717) is 17.1 Å². The molecule has 0 N–H and O–H groups in total. The van der Waals surface area contributed by atoms with Crippen molar-refractivity contribution < 1.29 is 4.42 Å². The number of rotatable bonds is 1. The van der Waals surface area contributed by atoms with E-state index in [0.717, 1.165) is 11.1 Å². The van der Waals surface area contributed by atoms with Crippen molar-refractivity contribution in [3.63, 3.8) is 0 Å². The number of nitriles is 1. The summed E-state index contributed by atoms with van der Waals surface area (Å²) in [5, 5.41) is 8.68. The van der Waals surface area contributed by atoms with Crippen LogP contribution in [0.5, 0.6) is 0 Å². The van der Waals surface area contributed by atoms with E-state index < -0.39 is 0 Å². The lowest BCUT2D eigenvalue weighted by molar-refractivity contribution is 0.606. The molecule has 2 aromatic heterocycles. The largest absolute Gasteiger partial charge is 0.462 e. The van der Waals surface area contributed by atoms with Crippen LogP contribution < -0.4 is 0 Å². The Hall–Kier alpha value is -1.82. The number of hydrogen-bond acceptors (Lipinski definition) is 3. The first-order chi connectivity index (χ1) is 6.72. The van der Waals surface area contributed by atoms with Gasteiger partial charge in [-0.1, -0.05) is 13.8 Å². The quantitative estimate of drug-likeness (QED) is 0.688. The third kappa shape index (κ3) is 1.25. The SMILES string of the molecule is CC(C)c1coc2cc(C#N)cnc12. The molecule has 2 heterocycles. The minimum Gasteiger partial charge on any atom is -0.462 e. The molecule has 0 aliphatic carbocycles. The summed E-state index contributed by atoms with van der Waals surface area (Å²) in [6, 6.07) is 3.75. The molecule has 2 rings (SSSR count). The van der Waals surface area contributed by atoms with E-state index in [2.05, 4.69) is 18.8 Å². The highest BCUT2D eigenvalue weighted by Gasteiger charge is 2.10. The van der Waals surface area contributed by atoms with E-state index >= 15 is 0 Å². The molecule has 0 unspecified atom stereocenters. The van der Waals surface area contributed by atoms with Gasteiger partial charge < -0.3 is 4.42 Å². The molecule has 0 radical (unpaired) electrons. The van der Waals surface area contributed by atoms with Crippen molar-refractivity contribution in [3.05, 3.63) is 29.7 Å². The molecule has 14 heavy (non-hydrogen) atoms. The van der Waals surface area contributed by atoms with E-state index in [1.807, 2.05) is 6.07 Å².